The number of ether oxygens (including phenoxy) is 2. The maximum atomic E-state index is 11.6. The standard InChI is InChI=1S/C26H27NO3S/c1-29-25-17-23-21(16-26(25)30-18-20-6-4-3-5-7-20)14-15-27-24(23)13-10-19-8-11-22(12-9-19)31(2)28/h3-13,16-17,24,27H,14-15,18H2,1-2H3/b13-10+. The van der Waals surface area contributed by atoms with Crippen molar-refractivity contribution in [3.8, 4) is 11.5 Å². The van der Waals surface area contributed by atoms with E-state index in [1.54, 1.807) is 13.4 Å². The van der Waals surface area contributed by atoms with Crippen LogP contribution in [0.3, 0.4) is 0 Å². The van der Waals surface area contributed by atoms with Gasteiger partial charge < -0.3 is 14.8 Å². The highest BCUT2D eigenvalue weighted by molar-refractivity contribution is 7.84. The van der Waals surface area contributed by atoms with Crippen molar-refractivity contribution < 1.29 is 13.7 Å². The molecular formula is C26H27NO3S. The molecular weight excluding hydrogens is 406 g/mol. The Morgan fingerprint density at radius 1 is 1.06 bits per heavy atom. The molecule has 0 radical (unpaired) electrons. The molecule has 0 saturated heterocycles. The molecule has 0 amide bonds. The van der Waals surface area contributed by atoms with Crippen LogP contribution in [0.15, 0.2) is 77.7 Å². The summed E-state index contributed by atoms with van der Waals surface area (Å²) in [4.78, 5) is 0.839. The van der Waals surface area contributed by atoms with Crippen molar-refractivity contribution in [3.05, 3.63) is 95.1 Å². The number of nitrogens with one attached hydrogen (secondary N) is 1. The SMILES string of the molecule is COc1cc2c(cc1OCc1ccccc1)CCNC2/C=C/c1ccc(S(C)=O)cc1. The van der Waals surface area contributed by atoms with E-state index in [2.05, 4.69) is 41.7 Å². The third-order valence-corrected chi connectivity index (χ3v) is 6.39. The Labute approximate surface area is 186 Å². The van der Waals surface area contributed by atoms with Gasteiger partial charge in [-0.15, -0.1) is 0 Å². The fourth-order valence-electron chi connectivity index (χ4n) is 3.75. The van der Waals surface area contributed by atoms with Gasteiger partial charge in [0.15, 0.2) is 11.5 Å². The van der Waals surface area contributed by atoms with E-state index in [0.29, 0.717) is 6.61 Å². The first kappa shape index (κ1) is 21.3. The van der Waals surface area contributed by atoms with E-state index < -0.39 is 10.8 Å². The highest BCUT2D eigenvalue weighted by atomic mass is 32.2. The highest BCUT2D eigenvalue weighted by Crippen LogP contribution is 2.36. The smallest absolute Gasteiger partial charge is 0.161 e. The molecule has 3 aromatic rings. The molecule has 31 heavy (non-hydrogen) atoms. The van der Waals surface area contributed by atoms with Crippen LogP contribution in [0.2, 0.25) is 0 Å². The van der Waals surface area contributed by atoms with E-state index in [4.69, 9.17) is 9.47 Å². The minimum Gasteiger partial charge on any atom is -0.493 e. The Kier molecular flexibility index (Phi) is 6.85. The Morgan fingerprint density at radius 2 is 1.84 bits per heavy atom. The summed E-state index contributed by atoms with van der Waals surface area (Å²) in [6, 6.07) is 22.3. The molecule has 5 heteroatoms. The molecule has 4 rings (SSSR count). The molecule has 4 nitrogen and oxygen atoms in total. The number of benzene rings is 3. The van der Waals surface area contributed by atoms with Gasteiger partial charge in [0.2, 0.25) is 0 Å². The van der Waals surface area contributed by atoms with Crippen LogP contribution >= 0.6 is 0 Å². The van der Waals surface area contributed by atoms with Crippen LogP contribution in [0.5, 0.6) is 11.5 Å². The van der Waals surface area contributed by atoms with E-state index >= 15 is 0 Å². The van der Waals surface area contributed by atoms with Crippen LogP contribution in [0.25, 0.3) is 6.08 Å². The second kappa shape index (κ2) is 9.94. The quantitative estimate of drug-likeness (QED) is 0.575. The average molecular weight is 434 g/mol. The monoisotopic (exact) mass is 433 g/mol. The largest absolute Gasteiger partial charge is 0.493 e. The zero-order chi connectivity index (χ0) is 21.6. The minimum absolute atomic E-state index is 0.0980. The van der Waals surface area contributed by atoms with Gasteiger partial charge >= 0.3 is 0 Å². The van der Waals surface area contributed by atoms with Crippen molar-refractivity contribution in [2.75, 3.05) is 19.9 Å². The first-order valence-corrected chi connectivity index (χ1v) is 11.9. The van der Waals surface area contributed by atoms with E-state index in [1.807, 2.05) is 42.5 Å². The zero-order valence-electron chi connectivity index (χ0n) is 17.8. The van der Waals surface area contributed by atoms with E-state index in [-0.39, 0.29) is 6.04 Å². The minimum atomic E-state index is -0.958. The third-order valence-electron chi connectivity index (χ3n) is 5.45. The van der Waals surface area contributed by atoms with Crippen molar-refractivity contribution >= 4 is 16.9 Å². The molecule has 0 saturated carbocycles. The average Bonchev–Trinajstić information content (AvgIpc) is 2.81. The summed E-state index contributed by atoms with van der Waals surface area (Å²) in [5.74, 6) is 1.52. The number of rotatable bonds is 7. The van der Waals surface area contributed by atoms with Crippen molar-refractivity contribution in [2.45, 2.75) is 24.0 Å². The molecule has 3 aromatic carbocycles. The van der Waals surface area contributed by atoms with Crippen molar-refractivity contribution in [1.29, 1.82) is 0 Å². The first-order valence-electron chi connectivity index (χ1n) is 10.4. The molecule has 2 unspecified atom stereocenters. The van der Waals surface area contributed by atoms with Gasteiger partial charge in [0.25, 0.3) is 0 Å². The Morgan fingerprint density at radius 3 is 2.55 bits per heavy atom. The van der Waals surface area contributed by atoms with Gasteiger partial charge in [-0.2, -0.15) is 0 Å². The molecule has 1 heterocycles. The van der Waals surface area contributed by atoms with Crippen molar-refractivity contribution in [3.63, 3.8) is 0 Å². The number of fused-ring (bicyclic) bond motifs is 1. The molecule has 0 aliphatic carbocycles. The molecule has 0 aromatic heterocycles. The van der Waals surface area contributed by atoms with E-state index in [9.17, 15) is 4.21 Å². The maximum Gasteiger partial charge on any atom is 0.161 e. The van der Waals surface area contributed by atoms with Gasteiger partial charge in [0.05, 0.1) is 13.2 Å². The number of hydrogen-bond acceptors (Lipinski definition) is 4. The van der Waals surface area contributed by atoms with Gasteiger partial charge in [0.1, 0.15) is 6.61 Å². The highest BCUT2D eigenvalue weighted by Gasteiger charge is 2.21. The summed E-state index contributed by atoms with van der Waals surface area (Å²) >= 11 is 0. The lowest BCUT2D eigenvalue weighted by molar-refractivity contribution is 0.283. The van der Waals surface area contributed by atoms with Crippen LogP contribution in [-0.4, -0.2) is 24.1 Å². The second-order valence-electron chi connectivity index (χ2n) is 7.54. The molecule has 0 fully saturated rings. The molecule has 0 bridgehead atoms. The lowest BCUT2D eigenvalue weighted by Crippen LogP contribution is -2.28. The van der Waals surface area contributed by atoms with Crippen LogP contribution < -0.4 is 14.8 Å². The second-order valence-corrected chi connectivity index (χ2v) is 8.92. The summed E-state index contributed by atoms with van der Waals surface area (Å²) in [5.41, 5.74) is 4.69. The van der Waals surface area contributed by atoms with Gasteiger partial charge in [-0.1, -0.05) is 54.6 Å². The molecule has 1 aliphatic rings. The van der Waals surface area contributed by atoms with Crippen molar-refractivity contribution in [1.82, 2.24) is 5.32 Å². The molecule has 1 aliphatic heterocycles. The molecule has 2 atom stereocenters. The zero-order valence-corrected chi connectivity index (χ0v) is 18.7. The molecule has 160 valence electrons. The lowest BCUT2D eigenvalue weighted by Gasteiger charge is -2.26. The van der Waals surface area contributed by atoms with Gasteiger partial charge in [-0.05, 0) is 52.9 Å². The van der Waals surface area contributed by atoms with Crippen LogP contribution in [0, 0.1) is 0 Å². The van der Waals surface area contributed by atoms with Crippen molar-refractivity contribution in [2.24, 2.45) is 0 Å². The normalized spacial score (nSPS) is 16.6. The van der Waals surface area contributed by atoms with Gasteiger partial charge in [0, 0.05) is 28.5 Å². The molecule has 1 N–H and O–H groups in total. The predicted molar refractivity (Wildman–Crippen MR) is 126 cm³/mol. The number of methoxy groups -OCH3 is 1. The number of hydrogen-bond donors (Lipinski definition) is 1. The Balaban J connectivity index is 1.54. The van der Waals surface area contributed by atoms with Gasteiger partial charge in [-0.3, -0.25) is 4.21 Å². The van der Waals surface area contributed by atoms with Gasteiger partial charge in [-0.25, -0.2) is 0 Å². The topological polar surface area (TPSA) is 47.6 Å². The predicted octanol–water partition coefficient (Wildman–Crippen LogP) is 4.91. The first-order chi connectivity index (χ1) is 15.1. The van der Waals surface area contributed by atoms with E-state index in [0.717, 1.165) is 40.5 Å². The fourth-order valence-corrected chi connectivity index (χ4v) is 4.27. The summed E-state index contributed by atoms with van der Waals surface area (Å²) in [7, 11) is 0.720. The van der Waals surface area contributed by atoms with Crippen LogP contribution in [-0.2, 0) is 23.8 Å². The lowest BCUT2D eigenvalue weighted by atomic mass is 9.93. The maximum absolute atomic E-state index is 11.6. The Hall–Kier alpha value is -2.89. The van der Waals surface area contributed by atoms with E-state index in [1.165, 1.54) is 11.1 Å². The van der Waals surface area contributed by atoms with Crippen LogP contribution in [0.1, 0.15) is 28.3 Å². The van der Waals surface area contributed by atoms with Crippen LogP contribution in [0.4, 0.5) is 0 Å². The molecule has 0 spiro atoms. The summed E-state index contributed by atoms with van der Waals surface area (Å²) < 4.78 is 23.3. The summed E-state index contributed by atoms with van der Waals surface area (Å²) in [5, 5.41) is 3.57. The Bertz CT molecular complexity index is 1080. The third kappa shape index (κ3) is 5.24. The summed E-state index contributed by atoms with van der Waals surface area (Å²) in [6.07, 6.45) is 6.91. The fraction of sp³-hybridized carbons (Fsp3) is 0.231. The summed E-state index contributed by atoms with van der Waals surface area (Å²) in [6.45, 7) is 1.41.